The number of para-hydroxylation sites is 1. The molecule has 0 saturated heterocycles. The minimum absolute atomic E-state index is 0.261. The van der Waals surface area contributed by atoms with E-state index in [-0.39, 0.29) is 6.42 Å². The Morgan fingerprint density at radius 2 is 2.00 bits per heavy atom. The number of aryl methyl sites for hydroxylation is 1. The van der Waals surface area contributed by atoms with Crippen LogP contribution in [-0.2, 0) is 13.5 Å². The molecule has 0 aliphatic heterocycles. The summed E-state index contributed by atoms with van der Waals surface area (Å²) in [7, 11) is 3.34. The molecule has 0 spiro atoms. The summed E-state index contributed by atoms with van der Waals surface area (Å²) in [6.07, 6.45) is -4.76. The minimum atomic E-state index is -4.17. The summed E-state index contributed by atoms with van der Waals surface area (Å²) < 4.78 is 39.0. The highest BCUT2D eigenvalue weighted by Crippen LogP contribution is 2.25. The quantitative estimate of drug-likeness (QED) is 0.926. The standard InChI is InChI=1S/C13H16F3N3/c1-17-9(8-13(14,15)16)7-11-10-5-3-4-6-12(10)19(2)18-11/h3-6,9,17H,7-8H2,1-2H3. The number of halogens is 3. The Kier molecular flexibility index (Phi) is 3.80. The molecule has 0 aliphatic carbocycles. The van der Waals surface area contributed by atoms with Crippen molar-refractivity contribution in [1.29, 1.82) is 0 Å². The van der Waals surface area contributed by atoms with Crippen LogP contribution in [0.15, 0.2) is 24.3 Å². The number of aromatic nitrogens is 2. The second kappa shape index (κ2) is 5.21. The molecule has 0 amide bonds. The van der Waals surface area contributed by atoms with Gasteiger partial charge in [-0.25, -0.2) is 0 Å². The summed E-state index contributed by atoms with van der Waals surface area (Å²) in [5.74, 6) is 0. The zero-order chi connectivity index (χ0) is 14.0. The van der Waals surface area contributed by atoms with Crippen molar-refractivity contribution in [2.24, 2.45) is 7.05 Å². The lowest BCUT2D eigenvalue weighted by Gasteiger charge is -2.17. The summed E-state index contributed by atoms with van der Waals surface area (Å²) in [4.78, 5) is 0. The van der Waals surface area contributed by atoms with Crippen molar-refractivity contribution in [2.75, 3.05) is 7.05 Å². The van der Waals surface area contributed by atoms with Crippen molar-refractivity contribution < 1.29 is 13.2 Å². The Morgan fingerprint density at radius 3 is 2.63 bits per heavy atom. The topological polar surface area (TPSA) is 29.9 Å². The van der Waals surface area contributed by atoms with E-state index >= 15 is 0 Å². The highest BCUT2D eigenvalue weighted by molar-refractivity contribution is 5.81. The van der Waals surface area contributed by atoms with Gasteiger partial charge in [-0.15, -0.1) is 0 Å². The number of hydrogen-bond acceptors (Lipinski definition) is 2. The molecule has 1 unspecified atom stereocenters. The first-order valence-electron chi connectivity index (χ1n) is 6.05. The SMILES string of the molecule is CNC(Cc1nn(C)c2ccccc12)CC(F)(F)F. The van der Waals surface area contributed by atoms with E-state index in [2.05, 4.69) is 10.4 Å². The van der Waals surface area contributed by atoms with Crippen LogP contribution in [0.3, 0.4) is 0 Å². The number of fused-ring (bicyclic) bond motifs is 1. The predicted octanol–water partition coefficient (Wildman–Crippen LogP) is 2.66. The fourth-order valence-electron chi connectivity index (χ4n) is 2.23. The third kappa shape index (κ3) is 3.26. The predicted molar refractivity (Wildman–Crippen MR) is 67.9 cm³/mol. The van der Waals surface area contributed by atoms with Gasteiger partial charge in [0.1, 0.15) is 0 Å². The van der Waals surface area contributed by atoms with Gasteiger partial charge in [0.15, 0.2) is 0 Å². The first-order chi connectivity index (χ1) is 8.90. The molecule has 2 rings (SSSR count). The van der Waals surface area contributed by atoms with Gasteiger partial charge in [0, 0.05) is 24.9 Å². The lowest BCUT2D eigenvalue weighted by Crippen LogP contribution is -2.33. The second-order valence-electron chi connectivity index (χ2n) is 4.60. The van der Waals surface area contributed by atoms with Crippen molar-refractivity contribution >= 4 is 10.9 Å². The molecular weight excluding hydrogens is 255 g/mol. The second-order valence-corrected chi connectivity index (χ2v) is 4.60. The zero-order valence-electron chi connectivity index (χ0n) is 10.8. The zero-order valence-corrected chi connectivity index (χ0v) is 10.8. The number of likely N-dealkylation sites (N-methyl/N-ethyl adjacent to an activating group) is 1. The van der Waals surface area contributed by atoms with Crippen molar-refractivity contribution in [2.45, 2.75) is 25.1 Å². The first-order valence-corrected chi connectivity index (χ1v) is 6.05. The summed E-state index contributed by atoms with van der Waals surface area (Å²) in [5, 5.41) is 7.94. The molecule has 6 heteroatoms. The molecule has 0 fully saturated rings. The number of hydrogen-bond donors (Lipinski definition) is 1. The summed E-state index contributed by atoms with van der Waals surface area (Å²) in [6.45, 7) is 0. The van der Waals surface area contributed by atoms with Crippen LogP contribution in [0.1, 0.15) is 12.1 Å². The molecule has 1 aromatic heterocycles. The largest absolute Gasteiger partial charge is 0.390 e. The third-order valence-corrected chi connectivity index (χ3v) is 3.16. The van der Waals surface area contributed by atoms with Crippen LogP contribution in [0.25, 0.3) is 10.9 Å². The lowest BCUT2D eigenvalue weighted by atomic mass is 10.1. The molecule has 0 saturated carbocycles. The van der Waals surface area contributed by atoms with E-state index in [1.807, 2.05) is 24.3 Å². The fourth-order valence-corrected chi connectivity index (χ4v) is 2.23. The van der Waals surface area contributed by atoms with Crippen molar-refractivity contribution in [3.8, 4) is 0 Å². The van der Waals surface area contributed by atoms with Crippen LogP contribution in [0.5, 0.6) is 0 Å². The first kappa shape index (κ1) is 13.9. The summed E-state index contributed by atoms with van der Waals surface area (Å²) in [6, 6.07) is 6.89. The van der Waals surface area contributed by atoms with Crippen molar-refractivity contribution in [3.63, 3.8) is 0 Å². The highest BCUT2D eigenvalue weighted by atomic mass is 19.4. The van der Waals surface area contributed by atoms with Crippen molar-refractivity contribution in [1.82, 2.24) is 15.1 Å². The maximum atomic E-state index is 12.4. The van der Waals surface area contributed by atoms with Gasteiger partial charge in [-0.05, 0) is 13.1 Å². The van der Waals surface area contributed by atoms with Gasteiger partial charge in [0.05, 0.1) is 17.6 Å². The normalized spacial score (nSPS) is 13.9. The van der Waals surface area contributed by atoms with Gasteiger partial charge < -0.3 is 5.32 Å². The van der Waals surface area contributed by atoms with E-state index in [1.165, 1.54) is 0 Å². The van der Waals surface area contributed by atoms with E-state index in [4.69, 9.17) is 0 Å². The minimum Gasteiger partial charge on any atom is -0.316 e. The average molecular weight is 271 g/mol. The number of benzene rings is 1. The van der Waals surface area contributed by atoms with E-state index in [1.54, 1.807) is 18.8 Å². The monoisotopic (exact) mass is 271 g/mol. The van der Waals surface area contributed by atoms with Crippen LogP contribution in [0.2, 0.25) is 0 Å². The van der Waals surface area contributed by atoms with E-state index in [9.17, 15) is 13.2 Å². The van der Waals surface area contributed by atoms with Gasteiger partial charge in [0.25, 0.3) is 0 Å². The van der Waals surface area contributed by atoms with Gasteiger partial charge >= 0.3 is 6.18 Å². The smallest absolute Gasteiger partial charge is 0.316 e. The summed E-state index contributed by atoms with van der Waals surface area (Å²) in [5.41, 5.74) is 1.63. The van der Waals surface area contributed by atoms with Crippen LogP contribution in [0, 0.1) is 0 Å². The number of nitrogens with one attached hydrogen (secondary N) is 1. The molecule has 19 heavy (non-hydrogen) atoms. The maximum Gasteiger partial charge on any atom is 0.390 e. The number of alkyl halides is 3. The molecule has 1 heterocycles. The maximum absolute atomic E-state index is 12.4. The molecule has 2 aromatic rings. The molecule has 0 aliphatic rings. The summed E-state index contributed by atoms with van der Waals surface area (Å²) >= 11 is 0. The molecule has 0 radical (unpaired) electrons. The van der Waals surface area contributed by atoms with Crippen molar-refractivity contribution in [3.05, 3.63) is 30.0 Å². The Bertz CT molecular complexity index is 560. The Balaban J connectivity index is 2.25. The van der Waals surface area contributed by atoms with Gasteiger partial charge in [-0.1, -0.05) is 18.2 Å². The lowest BCUT2D eigenvalue weighted by molar-refractivity contribution is -0.139. The molecule has 104 valence electrons. The Hall–Kier alpha value is -1.56. The number of rotatable bonds is 4. The van der Waals surface area contributed by atoms with Crippen LogP contribution in [0.4, 0.5) is 13.2 Å². The molecule has 0 bridgehead atoms. The van der Waals surface area contributed by atoms with Gasteiger partial charge in [-0.2, -0.15) is 18.3 Å². The van der Waals surface area contributed by atoms with Gasteiger partial charge in [-0.3, -0.25) is 4.68 Å². The average Bonchev–Trinajstić information content (AvgIpc) is 2.65. The van der Waals surface area contributed by atoms with Crippen LogP contribution < -0.4 is 5.32 Å². The molecule has 1 N–H and O–H groups in total. The third-order valence-electron chi connectivity index (χ3n) is 3.16. The fraction of sp³-hybridized carbons (Fsp3) is 0.462. The van der Waals surface area contributed by atoms with E-state index in [0.717, 1.165) is 10.9 Å². The molecule has 1 atom stereocenters. The number of nitrogens with zero attached hydrogens (tertiary/aromatic N) is 2. The van der Waals surface area contributed by atoms with Crippen LogP contribution in [-0.4, -0.2) is 29.0 Å². The van der Waals surface area contributed by atoms with E-state index in [0.29, 0.717) is 5.69 Å². The molecular formula is C13H16F3N3. The Labute approximate surface area is 109 Å². The highest BCUT2D eigenvalue weighted by Gasteiger charge is 2.31. The molecule has 3 nitrogen and oxygen atoms in total. The van der Waals surface area contributed by atoms with Crippen LogP contribution >= 0.6 is 0 Å². The molecule has 1 aromatic carbocycles. The Morgan fingerprint density at radius 1 is 1.32 bits per heavy atom. The van der Waals surface area contributed by atoms with E-state index < -0.39 is 18.6 Å². The van der Waals surface area contributed by atoms with Gasteiger partial charge in [0.2, 0.25) is 0 Å².